The van der Waals surface area contributed by atoms with Crippen LogP contribution in [-0.4, -0.2) is 22.7 Å². The summed E-state index contributed by atoms with van der Waals surface area (Å²) in [5.74, 6) is 0. The van der Waals surface area contributed by atoms with E-state index in [0.717, 1.165) is 4.90 Å². The zero-order valence-electron chi connectivity index (χ0n) is 8.37. The van der Waals surface area contributed by atoms with Gasteiger partial charge in [-0.2, -0.15) is 0 Å². The Balaban J connectivity index is 3.22. The molecule has 1 amide bonds. The number of anilines is 1. The third kappa shape index (κ3) is 2.35. The number of hydrogen-bond donors (Lipinski definition) is 1. The van der Waals surface area contributed by atoms with Crippen LogP contribution in [0.2, 0.25) is 0 Å². The first-order valence-electron chi connectivity index (χ1n) is 4.42. The molecule has 84 valence electrons. The van der Waals surface area contributed by atoms with Gasteiger partial charge in [-0.25, -0.2) is 4.79 Å². The fraction of sp³-hybridized carbons (Fsp3) is 0.100. The molecule has 0 aliphatic rings. The van der Waals surface area contributed by atoms with Crippen molar-refractivity contribution in [3.63, 3.8) is 0 Å². The highest BCUT2D eigenvalue weighted by Gasteiger charge is 2.22. The van der Waals surface area contributed by atoms with Gasteiger partial charge in [0.25, 0.3) is 5.69 Å². The molecule has 0 saturated heterocycles. The molecule has 0 atom stereocenters. The molecule has 1 N–H and O–H groups in total. The fourth-order valence-electron chi connectivity index (χ4n) is 1.26. The zero-order valence-corrected chi connectivity index (χ0v) is 8.37. The molecule has 0 aromatic heterocycles. The van der Waals surface area contributed by atoms with Crippen LogP contribution in [0.3, 0.4) is 0 Å². The van der Waals surface area contributed by atoms with Crippen LogP contribution in [0.1, 0.15) is 0 Å². The molecule has 0 fully saturated rings. The molecule has 0 aliphatic heterocycles. The van der Waals surface area contributed by atoms with Crippen molar-refractivity contribution >= 4 is 17.5 Å². The highest BCUT2D eigenvalue weighted by molar-refractivity contribution is 5.89. The second-order valence-electron chi connectivity index (χ2n) is 2.93. The van der Waals surface area contributed by atoms with Gasteiger partial charge in [0, 0.05) is 12.6 Å². The molecule has 1 aromatic rings. The predicted molar refractivity (Wildman–Crippen MR) is 58.7 cm³/mol. The van der Waals surface area contributed by atoms with Gasteiger partial charge in [-0.15, -0.1) is 6.58 Å². The van der Waals surface area contributed by atoms with Crippen molar-refractivity contribution in [2.45, 2.75) is 0 Å². The van der Waals surface area contributed by atoms with Crippen LogP contribution in [0, 0.1) is 10.1 Å². The summed E-state index contributed by atoms with van der Waals surface area (Å²) in [4.78, 5) is 21.9. The zero-order chi connectivity index (χ0) is 12.1. The molecule has 0 bridgehead atoms. The lowest BCUT2D eigenvalue weighted by Crippen LogP contribution is -2.29. The first-order valence-corrected chi connectivity index (χ1v) is 4.42. The van der Waals surface area contributed by atoms with Gasteiger partial charge >= 0.3 is 6.09 Å². The summed E-state index contributed by atoms with van der Waals surface area (Å²) in [6.45, 7) is 3.41. The highest BCUT2D eigenvalue weighted by atomic mass is 16.6. The summed E-state index contributed by atoms with van der Waals surface area (Å²) in [6.07, 6.45) is 0.111. The van der Waals surface area contributed by atoms with Crippen LogP contribution < -0.4 is 4.90 Å². The van der Waals surface area contributed by atoms with E-state index in [2.05, 4.69) is 6.58 Å². The van der Waals surface area contributed by atoms with Crippen molar-refractivity contribution in [2.24, 2.45) is 0 Å². The van der Waals surface area contributed by atoms with Gasteiger partial charge in [-0.05, 0) is 6.07 Å². The number of benzene rings is 1. The summed E-state index contributed by atoms with van der Waals surface area (Å²) in [5, 5.41) is 19.6. The molecule has 0 unspecified atom stereocenters. The second-order valence-corrected chi connectivity index (χ2v) is 2.93. The summed E-state index contributed by atoms with van der Waals surface area (Å²) in [5.41, 5.74) is -0.202. The molecule has 0 aliphatic carbocycles. The van der Waals surface area contributed by atoms with E-state index >= 15 is 0 Å². The second kappa shape index (κ2) is 4.92. The molecule has 0 saturated carbocycles. The minimum absolute atomic E-state index is 0.000185. The third-order valence-electron chi connectivity index (χ3n) is 1.91. The molecule has 1 aromatic carbocycles. The van der Waals surface area contributed by atoms with Gasteiger partial charge in [0.15, 0.2) is 0 Å². The molecule has 0 heterocycles. The van der Waals surface area contributed by atoms with Crippen molar-refractivity contribution in [3.05, 3.63) is 47.0 Å². The van der Waals surface area contributed by atoms with Crippen molar-refractivity contribution in [2.75, 3.05) is 11.4 Å². The molecule has 6 heteroatoms. The van der Waals surface area contributed by atoms with Gasteiger partial charge in [-0.1, -0.05) is 18.2 Å². The van der Waals surface area contributed by atoms with Gasteiger partial charge in [0.05, 0.1) is 4.92 Å². The molecule has 1 rings (SSSR count). The number of nitro groups is 1. The van der Waals surface area contributed by atoms with Gasteiger partial charge < -0.3 is 5.11 Å². The molecular weight excluding hydrogens is 212 g/mol. The molecular formula is C10H10N2O4. The summed E-state index contributed by atoms with van der Waals surface area (Å²) >= 11 is 0. The minimum Gasteiger partial charge on any atom is -0.465 e. The Hall–Kier alpha value is -2.37. The highest BCUT2D eigenvalue weighted by Crippen LogP contribution is 2.27. The lowest BCUT2D eigenvalue weighted by molar-refractivity contribution is -0.384. The van der Waals surface area contributed by atoms with Crippen LogP contribution in [0.25, 0.3) is 0 Å². The number of amides is 1. The molecule has 0 radical (unpaired) electrons. The maximum Gasteiger partial charge on any atom is 0.412 e. The lowest BCUT2D eigenvalue weighted by Gasteiger charge is -2.16. The van der Waals surface area contributed by atoms with Crippen LogP contribution in [0.4, 0.5) is 16.2 Å². The predicted octanol–water partition coefficient (Wildman–Crippen LogP) is 2.27. The van der Waals surface area contributed by atoms with E-state index < -0.39 is 11.0 Å². The standard InChI is InChI=1S/C10H10N2O4/c1-2-7-11(10(13)14)8-5-3-4-6-9(8)12(15)16/h2-6H,1,7H2,(H,13,14). The Morgan fingerprint density at radius 3 is 2.69 bits per heavy atom. The van der Waals surface area contributed by atoms with Crippen LogP contribution >= 0.6 is 0 Å². The van der Waals surface area contributed by atoms with E-state index in [9.17, 15) is 14.9 Å². The van der Waals surface area contributed by atoms with E-state index in [1.54, 1.807) is 6.07 Å². The maximum absolute atomic E-state index is 10.9. The van der Waals surface area contributed by atoms with Crippen molar-refractivity contribution in [1.29, 1.82) is 0 Å². The number of carbonyl (C=O) groups is 1. The summed E-state index contributed by atoms with van der Waals surface area (Å²) < 4.78 is 0. The number of hydrogen-bond acceptors (Lipinski definition) is 3. The van der Waals surface area contributed by atoms with E-state index in [0.29, 0.717) is 0 Å². The van der Waals surface area contributed by atoms with Crippen molar-refractivity contribution in [3.8, 4) is 0 Å². The molecule has 6 nitrogen and oxygen atoms in total. The number of para-hydroxylation sites is 2. The molecule has 0 spiro atoms. The maximum atomic E-state index is 10.9. The minimum atomic E-state index is -1.26. The number of nitrogens with zero attached hydrogens (tertiary/aromatic N) is 2. The van der Waals surface area contributed by atoms with Gasteiger partial charge in [0.2, 0.25) is 0 Å². The van der Waals surface area contributed by atoms with Crippen LogP contribution in [-0.2, 0) is 0 Å². The quantitative estimate of drug-likeness (QED) is 0.481. The Kier molecular flexibility index (Phi) is 3.60. The van der Waals surface area contributed by atoms with Crippen LogP contribution in [0.5, 0.6) is 0 Å². The average Bonchev–Trinajstić information content (AvgIpc) is 2.25. The van der Waals surface area contributed by atoms with Crippen molar-refractivity contribution in [1.82, 2.24) is 0 Å². The van der Waals surface area contributed by atoms with E-state index in [1.807, 2.05) is 0 Å². The Labute approximate surface area is 91.6 Å². The summed E-state index contributed by atoms with van der Waals surface area (Å²) in [7, 11) is 0. The Bertz CT molecular complexity index is 431. The fourth-order valence-corrected chi connectivity index (χ4v) is 1.26. The van der Waals surface area contributed by atoms with E-state index in [4.69, 9.17) is 5.11 Å². The van der Waals surface area contributed by atoms with E-state index in [1.165, 1.54) is 24.3 Å². The smallest absolute Gasteiger partial charge is 0.412 e. The number of rotatable bonds is 4. The average molecular weight is 222 g/mol. The normalized spacial score (nSPS) is 9.50. The van der Waals surface area contributed by atoms with Crippen LogP contribution in [0.15, 0.2) is 36.9 Å². The number of carboxylic acid groups (broad SMARTS) is 1. The third-order valence-corrected chi connectivity index (χ3v) is 1.91. The van der Waals surface area contributed by atoms with E-state index in [-0.39, 0.29) is 17.9 Å². The lowest BCUT2D eigenvalue weighted by atomic mass is 10.2. The Morgan fingerprint density at radius 2 is 2.19 bits per heavy atom. The van der Waals surface area contributed by atoms with Crippen molar-refractivity contribution < 1.29 is 14.8 Å². The first-order chi connectivity index (χ1) is 7.57. The Morgan fingerprint density at radius 1 is 1.56 bits per heavy atom. The monoisotopic (exact) mass is 222 g/mol. The topological polar surface area (TPSA) is 83.7 Å². The SMILES string of the molecule is C=CCN(C(=O)O)c1ccccc1[N+](=O)[O-]. The molecule has 16 heavy (non-hydrogen) atoms. The largest absolute Gasteiger partial charge is 0.465 e. The summed E-state index contributed by atoms with van der Waals surface area (Å²) in [6, 6.07) is 5.67. The van der Waals surface area contributed by atoms with Gasteiger partial charge in [-0.3, -0.25) is 15.0 Å². The number of nitro benzene ring substituents is 1. The first kappa shape index (κ1) is 11.7. The van der Waals surface area contributed by atoms with Gasteiger partial charge in [0.1, 0.15) is 5.69 Å².